The summed E-state index contributed by atoms with van der Waals surface area (Å²) in [6, 6.07) is 19.7. The fourth-order valence-corrected chi connectivity index (χ4v) is 9.81. The number of rotatable bonds is 8. The van der Waals surface area contributed by atoms with Crippen LogP contribution in [0.25, 0.3) is 0 Å². The van der Waals surface area contributed by atoms with Gasteiger partial charge in [-0.1, -0.05) is 117 Å². The summed E-state index contributed by atoms with van der Waals surface area (Å²) in [5, 5.41) is 10.3. The van der Waals surface area contributed by atoms with Crippen LogP contribution in [-0.4, -0.2) is 107 Å². The Hall–Kier alpha value is -3.43. The van der Waals surface area contributed by atoms with Crippen LogP contribution < -0.4 is 0 Å². The Morgan fingerprint density at radius 1 is 0.724 bits per heavy atom. The van der Waals surface area contributed by atoms with Crippen molar-refractivity contribution < 1.29 is 52.6 Å². The fourth-order valence-electron chi connectivity index (χ4n) is 9.81. The molecule has 2 aromatic carbocycles. The topological polar surface area (TPSA) is 143 Å². The Morgan fingerprint density at radius 2 is 1.16 bits per heavy atom. The molecule has 0 aromatic heterocycles. The molecule has 6 fully saturated rings. The van der Waals surface area contributed by atoms with Crippen molar-refractivity contribution in [2.75, 3.05) is 26.9 Å². The first kappa shape index (κ1) is 45.7. The number of carbonyl (C=O) groups excluding carboxylic acids is 3. The summed E-state index contributed by atoms with van der Waals surface area (Å²) in [5.41, 5.74) is -2.62. The second-order valence-electron chi connectivity index (χ2n) is 18.5. The first-order valence-corrected chi connectivity index (χ1v) is 19.6. The minimum atomic E-state index is -1.31. The summed E-state index contributed by atoms with van der Waals surface area (Å²) >= 11 is 0. The number of aliphatic hydroxyl groups is 1. The third kappa shape index (κ3) is 6.98. The summed E-state index contributed by atoms with van der Waals surface area (Å²) in [4.78, 5) is 43.2. The van der Waals surface area contributed by atoms with Gasteiger partial charge in [0, 0.05) is 23.7 Å². The Morgan fingerprint density at radius 3 is 1.62 bits per heavy atom. The van der Waals surface area contributed by atoms with Crippen molar-refractivity contribution in [3.63, 3.8) is 0 Å². The third-order valence-electron chi connectivity index (χ3n) is 12.9. The van der Waals surface area contributed by atoms with Gasteiger partial charge in [-0.2, -0.15) is 0 Å². The van der Waals surface area contributed by atoms with Crippen LogP contribution in [-0.2, 0) is 60.8 Å². The predicted molar refractivity (Wildman–Crippen MR) is 215 cm³/mol. The van der Waals surface area contributed by atoms with E-state index >= 15 is 0 Å². The van der Waals surface area contributed by atoms with Crippen LogP contribution in [0.2, 0.25) is 0 Å². The smallest absolute Gasteiger partial charge is 0.337 e. The molecular weight excluding hydrogens is 744 g/mol. The SMILES string of the molecule is C.C.CC(C)(C)[C@@H]1OC[C@]2(CO)N1C(=O)[C@@H]1C[C@H](OCc3ccccc3)O[C@@]12C.COC(=O)[C@@]12CO[C@@H](C(C)(C)C)N1C(=O)[C@@H]1C[C@H](OCc3ccccc3)O[C@@]12C. The van der Waals surface area contributed by atoms with E-state index in [4.69, 9.17) is 33.2 Å². The molecule has 1 N–H and O–H groups in total. The maximum Gasteiger partial charge on any atom is 0.337 e. The van der Waals surface area contributed by atoms with Gasteiger partial charge in [0.2, 0.25) is 11.8 Å². The number of carbonyl (C=O) groups is 3. The molecule has 2 aromatic rings. The van der Waals surface area contributed by atoms with Gasteiger partial charge in [-0.05, 0) is 25.0 Å². The van der Waals surface area contributed by atoms with E-state index in [9.17, 15) is 19.5 Å². The van der Waals surface area contributed by atoms with Gasteiger partial charge in [-0.3, -0.25) is 14.5 Å². The highest BCUT2D eigenvalue weighted by molar-refractivity contribution is 5.97. The highest BCUT2D eigenvalue weighted by Crippen LogP contribution is 2.59. The average molecular weight is 811 g/mol. The standard InChI is InChI=1S/C22H29NO6.C21H29NO5.2CH4/c1-20(2,3)18-23-17(24)15-11-16(27-12-14-9-7-6-8-10-14)29-21(15,4)22(23,13-28-18)19(25)26-5;1-19(2,3)18-22-17(24)15-10-16(25-11-14-8-6-5-7-9-14)27-20(15,4)21(22,12-23)13-26-18;;/h6-10,15-16,18H,11-13H2,1-5H3;5-9,15-16,18,23H,10-13H2,1-4H3;2*1H4/t15-,16+,18-,21-,22+;15-,16+,18-,20-,21-;;/m00../s1. The van der Waals surface area contributed by atoms with E-state index in [1.165, 1.54) is 7.11 Å². The van der Waals surface area contributed by atoms with Gasteiger partial charge < -0.3 is 43.2 Å². The van der Waals surface area contributed by atoms with E-state index in [-0.39, 0.29) is 69.5 Å². The number of amides is 2. The van der Waals surface area contributed by atoms with Gasteiger partial charge in [-0.15, -0.1) is 0 Å². The van der Waals surface area contributed by atoms with Gasteiger partial charge in [-0.25, -0.2) is 4.79 Å². The number of aliphatic hydroxyl groups excluding tert-OH is 1. The van der Waals surface area contributed by atoms with Crippen molar-refractivity contribution in [3.8, 4) is 0 Å². The average Bonchev–Trinajstić information content (AvgIpc) is 3.98. The zero-order valence-electron chi connectivity index (χ0n) is 34.1. The molecule has 6 aliphatic rings. The number of hydrogen-bond donors (Lipinski definition) is 1. The number of benzene rings is 2. The number of nitrogens with zero attached hydrogens (tertiary/aromatic N) is 2. The van der Waals surface area contributed by atoms with E-state index in [2.05, 4.69) is 0 Å². The zero-order valence-corrected chi connectivity index (χ0v) is 34.1. The second-order valence-corrected chi connectivity index (χ2v) is 18.5. The molecule has 13 heteroatoms. The molecule has 2 amide bonds. The lowest BCUT2D eigenvalue weighted by molar-refractivity contribution is -0.207. The van der Waals surface area contributed by atoms with E-state index in [0.29, 0.717) is 26.1 Å². The second kappa shape index (κ2) is 16.2. The van der Waals surface area contributed by atoms with Crippen LogP contribution >= 0.6 is 0 Å². The maximum absolute atomic E-state index is 13.5. The van der Waals surface area contributed by atoms with Crippen molar-refractivity contribution in [1.29, 1.82) is 0 Å². The minimum absolute atomic E-state index is 0. The number of methoxy groups -OCH3 is 1. The van der Waals surface area contributed by atoms with Crippen molar-refractivity contribution in [3.05, 3.63) is 71.8 Å². The number of esters is 1. The molecular formula is C45H66N2O11. The van der Waals surface area contributed by atoms with Crippen LogP contribution in [0.5, 0.6) is 0 Å². The van der Waals surface area contributed by atoms with Gasteiger partial charge in [0.1, 0.15) is 29.2 Å². The molecule has 0 unspecified atom stereocenters. The van der Waals surface area contributed by atoms with Crippen LogP contribution in [0.3, 0.4) is 0 Å². The van der Waals surface area contributed by atoms with Crippen LogP contribution in [0.4, 0.5) is 0 Å². The molecule has 58 heavy (non-hydrogen) atoms. The van der Waals surface area contributed by atoms with Crippen molar-refractivity contribution >= 4 is 17.8 Å². The molecule has 8 rings (SSSR count). The molecule has 0 spiro atoms. The molecule has 322 valence electrons. The fraction of sp³-hybridized carbons (Fsp3) is 0.667. The predicted octanol–water partition coefficient (Wildman–Crippen LogP) is 6.05. The lowest BCUT2D eigenvalue weighted by Crippen LogP contribution is -2.64. The van der Waals surface area contributed by atoms with Gasteiger partial charge >= 0.3 is 5.97 Å². The van der Waals surface area contributed by atoms with Crippen molar-refractivity contribution in [1.82, 2.24) is 9.80 Å². The van der Waals surface area contributed by atoms with Gasteiger partial charge in [0.15, 0.2) is 18.1 Å². The van der Waals surface area contributed by atoms with E-state index in [1.807, 2.05) is 116 Å². The molecule has 0 saturated carbocycles. The first-order chi connectivity index (χ1) is 26.4. The van der Waals surface area contributed by atoms with Crippen LogP contribution in [0, 0.1) is 22.7 Å². The van der Waals surface area contributed by atoms with Crippen molar-refractivity contribution in [2.45, 2.75) is 144 Å². The molecule has 6 aliphatic heterocycles. The van der Waals surface area contributed by atoms with Crippen LogP contribution in [0.1, 0.15) is 94.2 Å². The quantitative estimate of drug-likeness (QED) is 0.312. The van der Waals surface area contributed by atoms with Gasteiger partial charge in [0.05, 0.1) is 52.0 Å². The van der Waals surface area contributed by atoms with E-state index in [0.717, 1.165) is 11.1 Å². The number of hydrogen-bond acceptors (Lipinski definition) is 11. The Kier molecular flexibility index (Phi) is 12.8. The molecule has 10 atom stereocenters. The third-order valence-corrected chi connectivity index (χ3v) is 12.9. The Bertz CT molecular complexity index is 1780. The Labute approximate surface area is 344 Å². The summed E-state index contributed by atoms with van der Waals surface area (Å²) in [5.74, 6) is -1.47. The lowest BCUT2D eigenvalue weighted by Gasteiger charge is -2.42. The monoisotopic (exact) mass is 810 g/mol. The zero-order chi connectivity index (χ0) is 40.5. The molecule has 0 bridgehead atoms. The number of ether oxygens (including phenoxy) is 7. The summed E-state index contributed by atoms with van der Waals surface area (Å²) in [7, 11) is 1.33. The van der Waals surface area contributed by atoms with E-state index < -0.39 is 53.0 Å². The highest BCUT2D eigenvalue weighted by atomic mass is 16.7. The van der Waals surface area contributed by atoms with Gasteiger partial charge in [0.25, 0.3) is 0 Å². The summed E-state index contributed by atoms with van der Waals surface area (Å²) in [6.45, 7) is 16.8. The molecule has 6 saturated heterocycles. The minimum Gasteiger partial charge on any atom is -0.467 e. The first-order valence-electron chi connectivity index (χ1n) is 19.6. The lowest BCUT2D eigenvalue weighted by atomic mass is 9.77. The number of fused-ring (bicyclic) bond motifs is 6. The highest BCUT2D eigenvalue weighted by Gasteiger charge is 2.79. The Balaban J connectivity index is 0.000000214. The largest absolute Gasteiger partial charge is 0.467 e. The summed E-state index contributed by atoms with van der Waals surface area (Å²) in [6.07, 6.45) is -1.04. The normalized spacial score (nSPS) is 36.0. The molecule has 0 aliphatic carbocycles. The van der Waals surface area contributed by atoms with Crippen LogP contribution in [0.15, 0.2) is 60.7 Å². The molecule has 6 heterocycles. The maximum atomic E-state index is 13.5. The molecule has 0 radical (unpaired) electrons. The molecule has 13 nitrogen and oxygen atoms in total. The summed E-state index contributed by atoms with van der Waals surface area (Å²) < 4.78 is 41.7. The van der Waals surface area contributed by atoms with E-state index in [1.54, 1.807) is 9.80 Å². The van der Waals surface area contributed by atoms with Crippen molar-refractivity contribution in [2.24, 2.45) is 22.7 Å².